The number of nitrogens with one attached hydrogen (secondary N) is 1. The molecule has 0 unspecified atom stereocenters. The molecule has 0 atom stereocenters. The van der Waals surface area contributed by atoms with E-state index in [0.29, 0.717) is 45.6 Å². The molecule has 6 nitrogen and oxygen atoms in total. The van der Waals surface area contributed by atoms with Crippen molar-refractivity contribution in [1.29, 1.82) is 0 Å². The van der Waals surface area contributed by atoms with Crippen molar-refractivity contribution in [3.8, 4) is 5.75 Å². The van der Waals surface area contributed by atoms with Crippen LogP contribution in [0.4, 0.5) is 5.69 Å². The van der Waals surface area contributed by atoms with Crippen molar-refractivity contribution >= 4 is 17.5 Å². The third-order valence-electron chi connectivity index (χ3n) is 5.44. The van der Waals surface area contributed by atoms with Gasteiger partial charge in [0.15, 0.2) is 0 Å². The van der Waals surface area contributed by atoms with Gasteiger partial charge in [-0.2, -0.15) is 0 Å². The summed E-state index contributed by atoms with van der Waals surface area (Å²) in [7, 11) is 0. The number of hydrogen-bond donors (Lipinski definition) is 2. The Morgan fingerprint density at radius 3 is 2.28 bits per heavy atom. The summed E-state index contributed by atoms with van der Waals surface area (Å²) in [6, 6.07) is 13.1. The highest BCUT2D eigenvalue weighted by molar-refractivity contribution is 5.93. The van der Waals surface area contributed by atoms with E-state index in [1.54, 1.807) is 12.1 Å². The van der Waals surface area contributed by atoms with E-state index in [4.69, 9.17) is 0 Å². The van der Waals surface area contributed by atoms with Crippen LogP contribution in [0.1, 0.15) is 23.1 Å². The fraction of sp³-hybridized carbons (Fsp3) is 0.391. The largest absolute Gasteiger partial charge is 0.508 e. The molecule has 1 fully saturated rings. The second-order valence-electron chi connectivity index (χ2n) is 7.60. The number of hydrogen-bond acceptors (Lipinski definition) is 4. The normalized spacial score (nSPS) is 14.6. The Hall–Kier alpha value is -2.86. The smallest absolute Gasteiger partial charge is 0.238 e. The monoisotopic (exact) mass is 395 g/mol. The highest BCUT2D eigenvalue weighted by atomic mass is 16.3. The molecule has 2 amide bonds. The van der Waals surface area contributed by atoms with Gasteiger partial charge in [0.25, 0.3) is 0 Å². The first-order chi connectivity index (χ1) is 13.9. The standard InChI is InChI=1S/C23H29N3O3/c1-17-6-5-7-18(2)23(17)24-21(28)16-25-12-14-26(15-13-25)22(29)11-10-19-8-3-4-9-20(19)27/h3-9,27H,10-16H2,1-2H3,(H,24,28). The second kappa shape index (κ2) is 9.56. The predicted molar refractivity (Wildman–Crippen MR) is 114 cm³/mol. The molecule has 0 saturated carbocycles. The van der Waals surface area contributed by atoms with E-state index in [0.717, 1.165) is 22.4 Å². The van der Waals surface area contributed by atoms with Gasteiger partial charge in [0.2, 0.25) is 11.8 Å². The zero-order chi connectivity index (χ0) is 20.8. The molecule has 0 aromatic heterocycles. The minimum atomic E-state index is -0.0262. The highest BCUT2D eigenvalue weighted by Gasteiger charge is 2.22. The van der Waals surface area contributed by atoms with Gasteiger partial charge in [-0.1, -0.05) is 36.4 Å². The van der Waals surface area contributed by atoms with E-state index in [9.17, 15) is 14.7 Å². The summed E-state index contributed by atoms with van der Waals surface area (Å²) in [6.45, 7) is 6.91. The van der Waals surface area contributed by atoms with Gasteiger partial charge in [-0.25, -0.2) is 0 Å². The van der Waals surface area contributed by atoms with Crippen LogP contribution in [-0.4, -0.2) is 59.4 Å². The van der Waals surface area contributed by atoms with E-state index >= 15 is 0 Å². The van der Waals surface area contributed by atoms with Crippen molar-refractivity contribution in [2.75, 3.05) is 38.0 Å². The molecule has 0 aliphatic carbocycles. The van der Waals surface area contributed by atoms with Crippen LogP contribution in [0, 0.1) is 13.8 Å². The van der Waals surface area contributed by atoms with Crippen LogP contribution >= 0.6 is 0 Å². The first-order valence-corrected chi connectivity index (χ1v) is 10.1. The maximum absolute atomic E-state index is 12.5. The average Bonchev–Trinajstić information content (AvgIpc) is 2.70. The fourth-order valence-electron chi connectivity index (χ4n) is 3.67. The SMILES string of the molecule is Cc1cccc(C)c1NC(=O)CN1CCN(C(=O)CCc2ccccc2O)CC1. The summed E-state index contributed by atoms with van der Waals surface area (Å²) in [4.78, 5) is 28.8. The van der Waals surface area contributed by atoms with E-state index in [1.165, 1.54) is 0 Å². The minimum Gasteiger partial charge on any atom is -0.508 e. The van der Waals surface area contributed by atoms with Crippen LogP contribution in [0.2, 0.25) is 0 Å². The molecule has 0 radical (unpaired) electrons. The zero-order valence-electron chi connectivity index (χ0n) is 17.1. The van der Waals surface area contributed by atoms with Gasteiger partial charge in [0, 0.05) is 38.3 Å². The summed E-state index contributed by atoms with van der Waals surface area (Å²) in [5, 5.41) is 12.8. The third kappa shape index (κ3) is 5.57. The van der Waals surface area contributed by atoms with Crippen LogP contribution in [0.25, 0.3) is 0 Å². The van der Waals surface area contributed by atoms with Crippen LogP contribution < -0.4 is 5.32 Å². The number of benzene rings is 2. The Morgan fingerprint density at radius 2 is 1.62 bits per heavy atom. The zero-order valence-corrected chi connectivity index (χ0v) is 17.1. The highest BCUT2D eigenvalue weighted by Crippen LogP contribution is 2.20. The molecular formula is C23H29N3O3. The van der Waals surface area contributed by atoms with Crippen molar-refractivity contribution < 1.29 is 14.7 Å². The minimum absolute atomic E-state index is 0.0262. The molecule has 2 N–H and O–H groups in total. The summed E-state index contributed by atoms with van der Waals surface area (Å²) >= 11 is 0. The number of phenolic OH excluding ortho intramolecular Hbond substituents is 1. The molecule has 2 aromatic carbocycles. The van der Waals surface area contributed by atoms with Crippen molar-refractivity contribution in [1.82, 2.24) is 9.80 Å². The lowest BCUT2D eigenvalue weighted by Gasteiger charge is -2.34. The van der Waals surface area contributed by atoms with E-state index in [1.807, 2.05) is 49.1 Å². The molecule has 1 aliphatic rings. The summed E-state index contributed by atoms with van der Waals surface area (Å²) in [6.07, 6.45) is 0.911. The molecule has 1 heterocycles. The Balaban J connectivity index is 1.43. The quantitative estimate of drug-likeness (QED) is 0.789. The van der Waals surface area contributed by atoms with Gasteiger partial charge in [0.1, 0.15) is 5.75 Å². The molecule has 6 heteroatoms. The Labute approximate surface area is 172 Å². The molecule has 1 saturated heterocycles. The number of nitrogens with zero attached hydrogens (tertiary/aromatic N) is 2. The summed E-state index contributed by atoms with van der Waals surface area (Å²) in [5.74, 6) is 0.301. The second-order valence-corrected chi connectivity index (χ2v) is 7.60. The first-order valence-electron chi connectivity index (χ1n) is 10.1. The molecular weight excluding hydrogens is 366 g/mol. The van der Waals surface area contributed by atoms with Gasteiger partial charge in [-0.3, -0.25) is 14.5 Å². The topological polar surface area (TPSA) is 72.9 Å². The Bertz CT molecular complexity index is 853. The van der Waals surface area contributed by atoms with Crippen molar-refractivity contribution in [3.05, 3.63) is 59.2 Å². The van der Waals surface area contributed by atoms with E-state index < -0.39 is 0 Å². The lowest BCUT2D eigenvalue weighted by Crippen LogP contribution is -2.50. The molecule has 1 aliphatic heterocycles. The van der Waals surface area contributed by atoms with E-state index in [2.05, 4.69) is 10.2 Å². The number of anilines is 1. The predicted octanol–water partition coefficient (Wildman–Crippen LogP) is 2.72. The first kappa shape index (κ1) is 20.9. The number of rotatable bonds is 6. The van der Waals surface area contributed by atoms with Crippen LogP contribution in [0.15, 0.2) is 42.5 Å². The molecule has 0 spiro atoms. The number of amides is 2. The van der Waals surface area contributed by atoms with Crippen LogP contribution in [-0.2, 0) is 16.0 Å². The number of para-hydroxylation sites is 2. The number of aromatic hydroxyl groups is 1. The summed E-state index contributed by atoms with van der Waals surface area (Å²) in [5.41, 5.74) is 3.79. The average molecular weight is 396 g/mol. The lowest BCUT2D eigenvalue weighted by molar-refractivity contribution is -0.133. The molecule has 154 valence electrons. The van der Waals surface area contributed by atoms with Crippen LogP contribution in [0.5, 0.6) is 5.75 Å². The number of aryl methyl sites for hydroxylation is 3. The Morgan fingerprint density at radius 1 is 0.966 bits per heavy atom. The number of phenols is 1. The van der Waals surface area contributed by atoms with Gasteiger partial charge < -0.3 is 15.3 Å². The molecule has 2 aromatic rings. The number of carbonyl (C=O) groups is 2. The van der Waals surface area contributed by atoms with Gasteiger partial charge in [-0.15, -0.1) is 0 Å². The molecule has 29 heavy (non-hydrogen) atoms. The van der Waals surface area contributed by atoms with Crippen molar-refractivity contribution in [2.24, 2.45) is 0 Å². The maximum atomic E-state index is 12.5. The summed E-state index contributed by atoms with van der Waals surface area (Å²) < 4.78 is 0. The van der Waals surface area contributed by atoms with Crippen LogP contribution in [0.3, 0.4) is 0 Å². The fourth-order valence-corrected chi connectivity index (χ4v) is 3.67. The molecule has 0 bridgehead atoms. The lowest BCUT2D eigenvalue weighted by atomic mass is 10.1. The van der Waals surface area contributed by atoms with Gasteiger partial charge >= 0.3 is 0 Å². The number of carbonyl (C=O) groups excluding carboxylic acids is 2. The molecule has 3 rings (SSSR count). The van der Waals surface area contributed by atoms with Gasteiger partial charge in [0.05, 0.1) is 6.54 Å². The van der Waals surface area contributed by atoms with E-state index in [-0.39, 0.29) is 17.6 Å². The van der Waals surface area contributed by atoms with Crippen molar-refractivity contribution in [3.63, 3.8) is 0 Å². The Kier molecular flexibility index (Phi) is 6.88. The maximum Gasteiger partial charge on any atom is 0.238 e. The van der Waals surface area contributed by atoms with Gasteiger partial charge in [-0.05, 0) is 43.0 Å². The van der Waals surface area contributed by atoms with Crippen molar-refractivity contribution in [2.45, 2.75) is 26.7 Å². The number of piperazine rings is 1. The third-order valence-corrected chi connectivity index (χ3v) is 5.44.